The van der Waals surface area contributed by atoms with Gasteiger partial charge in [-0.1, -0.05) is 18.2 Å². The van der Waals surface area contributed by atoms with E-state index < -0.39 is 29.6 Å². The molecule has 0 aliphatic carbocycles. The van der Waals surface area contributed by atoms with Crippen LogP contribution < -0.4 is 5.32 Å². The maximum absolute atomic E-state index is 12.7. The highest BCUT2D eigenvalue weighted by atomic mass is 16.6. The zero-order valence-electron chi connectivity index (χ0n) is 17.7. The summed E-state index contributed by atoms with van der Waals surface area (Å²) in [6.45, 7) is 5.32. The summed E-state index contributed by atoms with van der Waals surface area (Å²) in [4.78, 5) is 29.3. The van der Waals surface area contributed by atoms with Crippen LogP contribution in [0, 0.1) is 17.2 Å². The molecule has 0 spiro atoms. The van der Waals surface area contributed by atoms with Crippen LogP contribution in [0.1, 0.15) is 37.5 Å². The smallest absolute Gasteiger partial charge is 0.407 e. The van der Waals surface area contributed by atoms with Crippen LogP contribution in [0.2, 0.25) is 0 Å². The lowest BCUT2D eigenvalue weighted by molar-refractivity contribution is -0.146. The molecule has 1 aromatic heterocycles. The number of carbonyl (C=O) groups is 2. The van der Waals surface area contributed by atoms with E-state index in [2.05, 4.69) is 16.4 Å². The number of esters is 1. The largest absolute Gasteiger partial charge is 0.469 e. The number of carbonyl (C=O) groups excluding carboxylic acids is 2. The molecule has 1 amide bonds. The quantitative estimate of drug-likeness (QED) is 0.703. The summed E-state index contributed by atoms with van der Waals surface area (Å²) in [5, 5.41) is 12.0. The zero-order chi connectivity index (χ0) is 22.1. The van der Waals surface area contributed by atoms with Gasteiger partial charge in [0.15, 0.2) is 0 Å². The van der Waals surface area contributed by atoms with Crippen LogP contribution in [-0.4, -0.2) is 35.8 Å². The second kappa shape index (κ2) is 10.4. The van der Waals surface area contributed by atoms with E-state index in [-0.39, 0.29) is 0 Å². The summed E-state index contributed by atoms with van der Waals surface area (Å²) in [6, 6.07) is 12.2. The minimum Gasteiger partial charge on any atom is -0.469 e. The van der Waals surface area contributed by atoms with Crippen LogP contribution in [0.4, 0.5) is 4.79 Å². The van der Waals surface area contributed by atoms with Gasteiger partial charge in [-0.25, -0.2) is 4.79 Å². The first-order chi connectivity index (χ1) is 14.2. The maximum Gasteiger partial charge on any atom is 0.407 e. The predicted octanol–water partition coefficient (Wildman–Crippen LogP) is 3.42. The number of hydrogen-bond acceptors (Lipinski definition) is 6. The van der Waals surface area contributed by atoms with E-state index in [0.29, 0.717) is 18.4 Å². The number of amides is 1. The van der Waals surface area contributed by atoms with Gasteiger partial charge in [-0.05, 0) is 62.9 Å². The average molecular weight is 409 g/mol. The highest BCUT2D eigenvalue weighted by molar-refractivity contribution is 5.75. The van der Waals surface area contributed by atoms with E-state index in [0.717, 1.165) is 11.1 Å². The number of nitrogens with one attached hydrogen (secondary N) is 1. The Bertz CT molecular complexity index is 901. The molecule has 0 radical (unpaired) electrons. The number of nitrogens with zero attached hydrogens (tertiary/aromatic N) is 2. The van der Waals surface area contributed by atoms with Crippen molar-refractivity contribution >= 4 is 12.1 Å². The Labute approximate surface area is 177 Å². The minimum absolute atomic E-state index is 0.295. The third-order valence-corrected chi connectivity index (χ3v) is 4.38. The molecule has 1 N–H and O–H groups in total. The SMILES string of the molecule is COC(=O)C(Cc1cccc(C#N)c1)C(Cc1cccnc1)NC(=O)OC(C)(C)C. The molecule has 0 aliphatic rings. The van der Waals surface area contributed by atoms with Gasteiger partial charge < -0.3 is 14.8 Å². The molecular formula is C23H27N3O4. The molecule has 0 bridgehead atoms. The number of hydrogen-bond donors (Lipinski definition) is 1. The molecular weight excluding hydrogens is 382 g/mol. The maximum atomic E-state index is 12.7. The summed E-state index contributed by atoms with van der Waals surface area (Å²) in [5.41, 5.74) is 1.48. The second-order valence-electron chi connectivity index (χ2n) is 7.96. The standard InChI is InChI=1S/C23H27N3O4/c1-23(2,3)30-22(28)26-20(13-18-9-6-10-25-15-18)19(21(27)29-4)12-16-7-5-8-17(11-16)14-24/h5-11,15,19-20H,12-13H2,1-4H3,(H,26,28). The number of pyridine rings is 1. The van der Waals surface area contributed by atoms with Gasteiger partial charge in [0.05, 0.1) is 24.7 Å². The van der Waals surface area contributed by atoms with E-state index in [9.17, 15) is 9.59 Å². The van der Waals surface area contributed by atoms with E-state index in [4.69, 9.17) is 14.7 Å². The number of aromatic nitrogens is 1. The van der Waals surface area contributed by atoms with E-state index >= 15 is 0 Å². The molecule has 1 aromatic carbocycles. The first-order valence-electron chi connectivity index (χ1n) is 9.67. The van der Waals surface area contributed by atoms with Gasteiger partial charge in [0.2, 0.25) is 0 Å². The van der Waals surface area contributed by atoms with Crippen molar-refractivity contribution in [2.75, 3.05) is 7.11 Å². The third kappa shape index (κ3) is 7.21. The molecule has 0 saturated heterocycles. The molecule has 158 valence electrons. The zero-order valence-corrected chi connectivity index (χ0v) is 17.7. The Hall–Kier alpha value is -3.40. The Morgan fingerprint density at radius 1 is 1.17 bits per heavy atom. The summed E-state index contributed by atoms with van der Waals surface area (Å²) < 4.78 is 10.4. The first kappa shape index (κ1) is 22.9. The lowest BCUT2D eigenvalue weighted by Crippen LogP contribution is -2.47. The summed E-state index contributed by atoms with van der Waals surface area (Å²) in [7, 11) is 1.32. The van der Waals surface area contributed by atoms with Crippen molar-refractivity contribution in [3.8, 4) is 6.07 Å². The molecule has 7 heteroatoms. The number of benzene rings is 1. The van der Waals surface area contributed by atoms with Crippen LogP contribution in [-0.2, 0) is 27.1 Å². The summed E-state index contributed by atoms with van der Waals surface area (Å²) >= 11 is 0. The fourth-order valence-corrected chi connectivity index (χ4v) is 3.09. The van der Waals surface area contributed by atoms with Gasteiger partial charge in [0, 0.05) is 18.4 Å². The molecule has 2 atom stereocenters. The monoisotopic (exact) mass is 409 g/mol. The highest BCUT2D eigenvalue weighted by Crippen LogP contribution is 2.20. The number of methoxy groups -OCH3 is 1. The van der Waals surface area contributed by atoms with Crippen molar-refractivity contribution in [3.63, 3.8) is 0 Å². The molecule has 2 aromatic rings. The van der Waals surface area contributed by atoms with Crippen molar-refractivity contribution < 1.29 is 19.1 Å². The topological polar surface area (TPSA) is 101 Å². The van der Waals surface area contributed by atoms with Crippen LogP contribution in [0.5, 0.6) is 0 Å². The van der Waals surface area contributed by atoms with Crippen molar-refractivity contribution in [2.45, 2.75) is 45.3 Å². The molecule has 0 saturated carbocycles. The molecule has 0 fully saturated rings. The van der Waals surface area contributed by atoms with Gasteiger partial charge in [-0.3, -0.25) is 9.78 Å². The lowest BCUT2D eigenvalue weighted by Gasteiger charge is -2.28. The molecule has 7 nitrogen and oxygen atoms in total. The van der Waals surface area contributed by atoms with Crippen molar-refractivity contribution in [1.29, 1.82) is 5.26 Å². The van der Waals surface area contributed by atoms with E-state index in [1.54, 1.807) is 57.4 Å². The Kier molecular flexibility index (Phi) is 7.93. The van der Waals surface area contributed by atoms with Crippen LogP contribution in [0.15, 0.2) is 48.8 Å². The first-order valence-corrected chi connectivity index (χ1v) is 9.67. The fraction of sp³-hybridized carbons (Fsp3) is 0.391. The van der Waals surface area contributed by atoms with Gasteiger partial charge in [0.1, 0.15) is 5.60 Å². The number of rotatable bonds is 7. The summed E-state index contributed by atoms with van der Waals surface area (Å²) in [5.74, 6) is -1.14. The van der Waals surface area contributed by atoms with Gasteiger partial charge in [-0.15, -0.1) is 0 Å². The number of alkyl carbamates (subject to hydrolysis) is 1. The molecule has 2 rings (SSSR count). The lowest BCUT2D eigenvalue weighted by atomic mass is 9.88. The van der Waals surface area contributed by atoms with E-state index in [1.165, 1.54) is 7.11 Å². The van der Waals surface area contributed by atoms with Crippen molar-refractivity contribution in [2.24, 2.45) is 5.92 Å². The third-order valence-electron chi connectivity index (χ3n) is 4.38. The molecule has 2 unspecified atom stereocenters. The predicted molar refractivity (Wildman–Crippen MR) is 111 cm³/mol. The highest BCUT2D eigenvalue weighted by Gasteiger charge is 2.32. The fourth-order valence-electron chi connectivity index (χ4n) is 3.09. The van der Waals surface area contributed by atoms with Gasteiger partial charge in [-0.2, -0.15) is 5.26 Å². The van der Waals surface area contributed by atoms with Crippen molar-refractivity contribution in [1.82, 2.24) is 10.3 Å². The Morgan fingerprint density at radius 3 is 2.50 bits per heavy atom. The Balaban J connectivity index is 2.33. The van der Waals surface area contributed by atoms with Gasteiger partial charge >= 0.3 is 12.1 Å². The molecule has 30 heavy (non-hydrogen) atoms. The van der Waals surface area contributed by atoms with E-state index in [1.807, 2.05) is 12.1 Å². The Morgan fingerprint density at radius 2 is 1.90 bits per heavy atom. The molecule has 1 heterocycles. The summed E-state index contributed by atoms with van der Waals surface area (Å²) in [6.07, 6.45) is 3.39. The van der Waals surface area contributed by atoms with Crippen LogP contribution in [0.25, 0.3) is 0 Å². The number of nitriles is 1. The molecule has 0 aliphatic heterocycles. The van der Waals surface area contributed by atoms with Crippen LogP contribution >= 0.6 is 0 Å². The van der Waals surface area contributed by atoms with Crippen LogP contribution in [0.3, 0.4) is 0 Å². The normalized spacial score (nSPS) is 12.9. The van der Waals surface area contributed by atoms with Gasteiger partial charge in [0.25, 0.3) is 0 Å². The average Bonchev–Trinajstić information content (AvgIpc) is 2.70. The minimum atomic E-state index is -0.684. The van der Waals surface area contributed by atoms with Crippen molar-refractivity contribution in [3.05, 3.63) is 65.5 Å². The number of ether oxygens (including phenoxy) is 2. The second-order valence-corrected chi connectivity index (χ2v) is 7.96.